The minimum Gasteiger partial charge on any atom is -0.449 e. The van der Waals surface area contributed by atoms with Gasteiger partial charge in [-0.2, -0.15) is 13.2 Å². The predicted molar refractivity (Wildman–Crippen MR) is 47.4 cm³/mol. The van der Waals surface area contributed by atoms with Crippen LogP contribution in [0.1, 0.15) is 13.3 Å². The first-order valence-electron chi connectivity index (χ1n) is 4.46. The van der Waals surface area contributed by atoms with Crippen LogP contribution < -0.4 is 0 Å². The number of hydrogen-bond donors (Lipinski definition) is 0. The lowest BCUT2D eigenvalue weighted by atomic mass is 10.2. The molecule has 0 bridgehead atoms. The second kappa shape index (κ2) is 5.00. The van der Waals surface area contributed by atoms with Gasteiger partial charge in [0.2, 0.25) is 0 Å². The molecule has 1 heterocycles. The van der Waals surface area contributed by atoms with Crippen LogP contribution in [0.5, 0.6) is 0 Å². The number of ether oxygens (including phenoxy) is 1. The monoisotopic (exact) mass is 261 g/mol. The average Bonchev–Trinajstić information content (AvgIpc) is 2.16. The minimum absolute atomic E-state index is 0.0508. The molecule has 1 rings (SSSR count). The molecule has 0 N–H and O–H groups in total. The third kappa shape index (κ3) is 3.08. The summed E-state index contributed by atoms with van der Waals surface area (Å²) in [5.74, 6) is 0. The Balaban J connectivity index is 2.59. The molecule has 0 aliphatic carbocycles. The number of alkyl halides is 3. The first kappa shape index (κ1) is 13.2. The molecule has 1 aliphatic heterocycles. The van der Waals surface area contributed by atoms with Gasteiger partial charge in [-0.15, -0.1) is 0 Å². The number of amides is 1. The number of carbonyl (C=O) groups excluding carboxylic acids is 1. The second-order valence-electron chi connectivity index (χ2n) is 2.93. The number of nitrogens with zero attached hydrogens (tertiary/aromatic N) is 1. The summed E-state index contributed by atoms with van der Waals surface area (Å²) >= 11 is -2.45. The Morgan fingerprint density at radius 2 is 2.25 bits per heavy atom. The largest absolute Gasteiger partial charge is 0.449 e. The van der Waals surface area contributed by atoms with Crippen LogP contribution in [0.3, 0.4) is 0 Å². The van der Waals surface area contributed by atoms with E-state index in [0.29, 0.717) is 4.31 Å². The van der Waals surface area contributed by atoms with E-state index in [-0.39, 0.29) is 13.2 Å². The fourth-order valence-electron chi connectivity index (χ4n) is 1.07. The number of halogens is 3. The van der Waals surface area contributed by atoms with Gasteiger partial charge in [0.05, 0.1) is 6.61 Å². The maximum Gasteiger partial charge on any atom is 0.423 e. The van der Waals surface area contributed by atoms with Gasteiger partial charge >= 0.3 is 12.3 Å². The highest BCUT2D eigenvalue weighted by Gasteiger charge is 2.46. The summed E-state index contributed by atoms with van der Waals surface area (Å²) in [5.41, 5.74) is 0. The molecule has 5 nitrogen and oxygen atoms in total. The molecule has 0 saturated carbocycles. The summed E-state index contributed by atoms with van der Waals surface area (Å²) in [5, 5.41) is 0. The first-order valence-corrected chi connectivity index (χ1v) is 5.49. The molecule has 94 valence electrons. The van der Waals surface area contributed by atoms with Crippen LogP contribution in [0.15, 0.2) is 0 Å². The van der Waals surface area contributed by atoms with Crippen molar-refractivity contribution in [3.8, 4) is 0 Å². The molecule has 1 aliphatic rings. The second-order valence-corrected chi connectivity index (χ2v) is 4.00. The van der Waals surface area contributed by atoms with E-state index in [1.54, 1.807) is 0 Å². The first-order chi connectivity index (χ1) is 7.36. The third-order valence-electron chi connectivity index (χ3n) is 1.81. The van der Waals surface area contributed by atoms with Crippen LogP contribution in [-0.2, 0) is 20.2 Å². The van der Waals surface area contributed by atoms with Gasteiger partial charge in [-0.25, -0.2) is 13.3 Å². The van der Waals surface area contributed by atoms with Crippen LogP contribution in [-0.4, -0.2) is 40.0 Å². The van der Waals surface area contributed by atoms with Gasteiger partial charge in [0, 0.05) is 13.0 Å². The van der Waals surface area contributed by atoms with Crippen LogP contribution >= 0.6 is 0 Å². The molecule has 1 saturated heterocycles. The van der Waals surface area contributed by atoms with Crippen LogP contribution in [0.4, 0.5) is 18.0 Å². The summed E-state index contributed by atoms with van der Waals surface area (Å²) in [7, 11) is 0. The maximum absolute atomic E-state index is 12.2. The van der Waals surface area contributed by atoms with Crippen molar-refractivity contribution in [3.05, 3.63) is 0 Å². The smallest absolute Gasteiger partial charge is 0.423 e. The van der Waals surface area contributed by atoms with Crippen LogP contribution in [0.2, 0.25) is 0 Å². The van der Waals surface area contributed by atoms with Crippen molar-refractivity contribution in [2.24, 2.45) is 0 Å². The molecular weight excluding hydrogens is 251 g/mol. The van der Waals surface area contributed by atoms with E-state index in [1.165, 1.54) is 6.92 Å². The molecule has 2 atom stereocenters. The molecule has 1 fully saturated rings. The van der Waals surface area contributed by atoms with E-state index >= 15 is 0 Å². The molecule has 0 aromatic rings. The number of rotatable bonds is 1. The van der Waals surface area contributed by atoms with E-state index in [0.717, 1.165) is 0 Å². The van der Waals surface area contributed by atoms with Crippen molar-refractivity contribution in [1.82, 2.24) is 4.31 Å². The number of hydrogen-bond acceptors (Lipinski definition) is 4. The molecule has 16 heavy (non-hydrogen) atoms. The average molecular weight is 261 g/mol. The summed E-state index contributed by atoms with van der Waals surface area (Å²) in [4.78, 5) is 11.1. The Hall–Kier alpha value is -0.830. The van der Waals surface area contributed by atoms with E-state index in [1.807, 2.05) is 0 Å². The van der Waals surface area contributed by atoms with E-state index in [2.05, 4.69) is 8.92 Å². The lowest BCUT2D eigenvalue weighted by Crippen LogP contribution is -2.47. The topological polar surface area (TPSA) is 55.8 Å². The lowest BCUT2D eigenvalue weighted by molar-refractivity contribution is -0.198. The molecular formula is C7H10F3NO4S. The van der Waals surface area contributed by atoms with Crippen LogP contribution in [0.25, 0.3) is 0 Å². The highest BCUT2D eigenvalue weighted by atomic mass is 32.2. The zero-order chi connectivity index (χ0) is 12.3. The van der Waals surface area contributed by atoms with Crippen molar-refractivity contribution in [3.63, 3.8) is 0 Å². The summed E-state index contributed by atoms with van der Waals surface area (Å²) in [6, 6.07) is 0. The Kier molecular flexibility index (Phi) is 4.14. The van der Waals surface area contributed by atoms with E-state index in [4.69, 9.17) is 0 Å². The van der Waals surface area contributed by atoms with Gasteiger partial charge in [0.25, 0.3) is 11.3 Å². The van der Waals surface area contributed by atoms with Gasteiger partial charge in [-0.05, 0) is 6.92 Å². The van der Waals surface area contributed by atoms with E-state index in [9.17, 15) is 22.2 Å². The van der Waals surface area contributed by atoms with Gasteiger partial charge in [-0.1, -0.05) is 0 Å². The molecule has 1 amide bonds. The van der Waals surface area contributed by atoms with Gasteiger partial charge < -0.3 is 4.74 Å². The Morgan fingerprint density at radius 3 is 2.69 bits per heavy atom. The highest BCUT2D eigenvalue weighted by Crippen LogP contribution is 2.29. The predicted octanol–water partition coefficient (Wildman–Crippen LogP) is 1.37. The molecule has 2 unspecified atom stereocenters. The minimum atomic E-state index is -4.57. The Morgan fingerprint density at radius 1 is 1.62 bits per heavy atom. The van der Waals surface area contributed by atoms with E-state index < -0.39 is 36.1 Å². The molecule has 0 aromatic carbocycles. The summed E-state index contributed by atoms with van der Waals surface area (Å²) in [6.07, 6.45) is -8.06. The van der Waals surface area contributed by atoms with Gasteiger partial charge in [0.15, 0.2) is 6.10 Å². The highest BCUT2D eigenvalue weighted by molar-refractivity contribution is 7.78. The molecule has 0 spiro atoms. The van der Waals surface area contributed by atoms with Crippen molar-refractivity contribution in [2.45, 2.75) is 25.6 Å². The van der Waals surface area contributed by atoms with Gasteiger partial charge in [-0.3, -0.25) is 4.18 Å². The standard InChI is InChI=1S/C7H10F3NO4S/c1-2-14-6(12)11-4-3-5(7(8,9)10)15-16(11)13/h5H,2-4H2,1H3. The van der Waals surface area contributed by atoms with Gasteiger partial charge in [0.1, 0.15) is 0 Å². The SMILES string of the molecule is CCOC(=O)N1CCC(C(F)(F)F)OS1=O. The zero-order valence-corrected chi connectivity index (χ0v) is 9.14. The zero-order valence-electron chi connectivity index (χ0n) is 8.32. The van der Waals surface area contributed by atoms with Crippen molar-refractivity contribution < 1.29 is 31.1 Å². The fraction of sp³-hybridized carbons (Fsp3) is 0.857. The van der Waals surface area contributed by atoms with Crippen molar-refractivity contribution in [1.29, 1.82) is 0 Å². The third-order valence-corrected chi connectivity index (χ3v) is 2.90. The summed E-state index contributed by atoms with van der Waals surface area (Å²) in [6.45, 7) is 1.27. The van der Waals surface area contributed by atoms with Crippen molar-refractivity contribution in [2.75, 3.05) is 13.2 Å². The quantitative estimate of drug-likeness (QED) is 0.715. The summed E-state index contributed by atoms with van der Waals surface area (Å²) < 4.78 is 57.1. The lowest BCUT2D eigenvalue weighted by Gasteiger charge is -2.30. The molecule has 9 heteroatoms. The number of carbonyl (C=O) groups is 1. The fourth-order valence-corrected chi connectivity index (χ4v) is 2.01. The molecule has 0 aromatic heterocycles. The Labute approximate surface area is 92.3 Å². The molecule has 0 radical (unpaired) electrons. The van der Waals surface area contributed by atoms with Crippen LogP contribution in [0, 0.1) is 0 Å². The maximum atomic E-state index is 12.2. The van der Waals surface area contributed by atoms with Crippen molar-refractivity contribution >= 4 is 17.4 Å². The Bertz CT molecular complexity index is 296. The normalized spacial score (nSPS) is 26.6.